The second kappa shape index (κ2) is 5.29. The van der Waals surface area contributed by atoms with E-state index >= 15 is 0 Å². The van der Waals surface area contributed by atoms with Crippen LogP contribution in [0.15, 0.2) is 0 Å². The van der Waals surface area contributed by atoms with E-state index < -0.39 is 17.4 Å². The molecule has 2 unspecified atom stereocenters. The summed E-state index contributed by atoms with van der Waals surface area (Å²) in [6, 6.07) is 0. The first-order valence-electron chi connectivity index (χ1n) is 5.67. The van der Waals surface area contributed by atoms with Gasteiger partial charge in [-0.2, -0.15) is 0 Å². The van der Waals surface area contributed by atoms with Gasteiger partial charge in [0.1, 0.15) is 5.41 Å². The quantitative estimate of drug-likeness (QED) is 0.545. The maximum atomic E-state index is 12.1. The van der Waals surface area contributed by atoms with Crippen LogP contribution in [0.5, 0.6) is 0 Å². The average Bonchev–Trinajstić information content (AvgIpc) is 2.64. The predicted molar refractivity (Wildman–Crippen MR) is 59.1 cm³/mol. The Hall–Kier alpha value is -1.39. The molecule has 0 heterocycles. The van der Waals surface area contributed by atoms with Gasteiger partial charge in [-0.25, -0.2) is 0 Å². The molecule has 1 aliphatic rings. The third-order valence-corrected chi connectivity index (χ3v) is 3.48. The summed E-state index contributed by atoms with van der Waals surface area (Å²) >= 11 is 0. The van der Waals surface area contributed by atoms with Crippen LogP contribution in [0.4, 0.5) is 0 Å². The van der Waals surface area contributed by atoms with Gasteiger partial charge in [-0.1, -0.05) is 6.92 Å². The van der Waals surface area contributed by atoms with Gasteiger partial charge in [0.15, 0.2) is 5.78 Å². The molecule has 0 amide bonds. The molecule has 0 aliphatic heterocycles. The molecule has 17 heavy (non-hydrogen) atoms. The Labute approximate surface area is 100 Å². The van der Waals surface area contributed by atoms with E-state index in [0.717, 1.165) is 0 Å². The molecule has 0 aromatic heterocycles. The number of ether oxygens (including phenoxy) is 2. The summed E-state index contributed by atoms with van der Waals surface area (Å²) < 4.78 is 9.24. The number of rotatable bonds is 4. The van der Waals surface area contributed by atoms with Gasteiger partial charge < -0.3 is 9.47 Å². The van der Waals surface area contributed by atoms with Gasteiger partial charge in [0.05, 0.1) is 14.2 Å². The van der Waals surface area contributed by atoms with E-state index in [1.165, 1.54) is 14.2 Å². The lowest BCUT2D eigenvalue weighted by molar-refractivity contribution is -0.158. The van der Waals surface area contributed by atoms with Crippen molar-refractivity contribution in [1.82, 2.24) is 0 Å². The highest BCUT2D eigenvalue weighted by Gasteiger charge is 2.52. The largest absolute Gasteiger partial charge is 0.469 e. The molecule has 0 saturated heterocycles. The zero-order valence-electron chi connectivity index (χ0n) is 10.4. The fourth-order valence-corrected chi connectivity index (χ4v) is 2.35. The van der Waals surface area contributed by atoms with Crippen molar-refractivity contribution in [2.45, 2.75) is 32.6 Å². The van der Waals surface area contributed by atoms with Crippen LogP contribution in [0.2, 0.25) is 0 Å². The lowest BCUT2D eigenvalue weighted by Gasteiger charge is -2.24. The van der Waals surface area contributed by atoms with E-state index in [1.807, 2.05) is 0 Å². The SMILES string of the molecule is COC(=O)CCC1(C(=O)OC)CCC(C)C1=O. The summed E-state index contributed by atoms with van der Waals surface area (Å²) in [7, 11) is 2.55. The molecule has 0 bridgehead atoms. The normalized spacial score (nSPS) is 27.9. The average molecular weight is 242 g/mol. The molecular formula is C12H18O5. The Morgan fingerprint density at radius 1 is 1.35 bits per heavy atom. The van der Waals surface area contributed by atoms with Crippen LogP contribution in [0, 0.1) is 11.3 Å². The third kappa shape index (κ3) is 2.48. The maximum Gasteiger partial charge on any atom is 0.319 e. The van der Waals surface area contributed by atoms with Gasteiger partial charge in [0.2, 0.25) is 0 Å². The van der Waals surface area contributed by atoms with Crippen LogP contribution in [0.1, 0.15) is 32.6 Å². The summed E-state index contributed by atoms with van der Waals surface area (Å²) in [5, 5.41) is 0. The highest BCUT2D eigenvalue weighted by atomic mass is 16.5. The molecule has 0 N–H and O–H groups in total. The lowest BCUT2D eigenvalue weighted by Crippen LogP contribution is -2.38. The molecule has 1 aliphatic carbocycles. The van der Waals surface area contributed by atoms with Crippen LogP contribution < -0.4 is 0 Å². The van der Waals surface area contributed by atoms with Gasteiger partial charge in [-0.15, -0.1) is 0 Å². The van der Waals surface area contributed by atoms with E-state index in [1.54, 1.807) is 6.92 Å². The minimum absolute atomic E-state index is 0.0596. The van der Waals surface area contributed by atoms with Crippen LogP contribution in [-0.4, -0.2) is 31.9 Å². The zero-order valence-corrected chi connectivity index (χ0v) is 10.4. The molecular weight excluding hydrogens is 224 g/mol. The third-order valence-electron chi connectivity index (χ3n) is 3.48. The van der Waals surface area contributed by atoms with Crippen molar-refractivity contribution in [3.8, 4) is 0 Å². The number of methoxy groups -OCH3 is 2. The standard InChI is InChI=1S/C12H18O5/c1-8-4-6-12(10(8)14,11(15)17-3)7-5-9(13)16-2/h8H,4-7H2,1-3H3. The number of Topliss-reactive ketones (excluding diaryl/α,β-unsaturated/α-hetero) is 1. The number of esters is 2. The number of hydrogen-bond acceptors (Lipinski definition) is 5. The van der Waals surface area contributed by atoms with Crippen LogP contribution >= 0.6 is 0 Å². The number of ketones is 1. The predicted octanol–water partition coefficient (Wildman–Crippen LogP) is 1.10. The first-order valence-corrected chi connectivity index (χ1v) is 5.67. The van der Waals surface area contributed by atoms with Gasteiger partial charge in [0.25, 0.3) is 0 Å². The summed E-state index contributed by atoms with van der Waals surface area (Å²) in [4.78, 5) is 35.0. The second-order valence-corrected chi connectivity index (χ2v) is 4.45. The van der Waals surface area contributed by atoms with Gasteiger partial charge in [0, 0.05) is 12.3 Å². The molecule has 0 aromatic carbocycles. The van der Waals surface area contributed by atoms with E-state index in [9.17, 15) is 14.4 Å². The first kappa shape index (κ1) is 13.7. The van der Waals surface area contributed by atoms with E-state index in [2.05, 4.69) is 4.74 Å². The van der Waals surface area contributed by atoms with Crippen molar-refractivity contribution < 1.29 is 23.9 Å². The minimum atomic E-state index is -1.14. The number of carbonyl (C=O) groups is 3. The Kier molecular flexibility index (Phi) is 4.26. The molecule has 0 radical (unpaired) electrons. The van der Waals surface area contributed by atoms with Crippen molar-refractivity contribution in [2.75, 3.05) is 14.2 Å². The summed E-state index contributed by atoms with van der Waals surface area (Å²) in [6.45, 7) is 1.80. The first-order chi connectivity index (χ1) is 7.97. The van der Waals surface area contributed by atoms with Crippen molar-refractivity contribution in [2.24, 2.45) is 11.3 Å². The second-order valence-electron chi connectivity index (χ2n) is 4.45. The molecule has 5 nitrogen and oxygen atoms in total. The van der Waals surface area contributed by atoms with Crippen molar-refractivity contribution >= 4 is 17.7 Å². The fraction of sp³-hybridized carbons (Fsp3) is 0.750. The highest BCUT2D eigenvalue weighted by Crippen LogP contribution is 2.43. The van der Waals surface area contributed by atoms with Gasteiger partial charge in [-0.05, 0) is 19.3 Å². The van der Waals surface area contributed by atoms with E-state index in [4.69, 9.17) is 4.74 Å². The van der Waals surface area contributed by atoms with E-state index in [-0.39, 0.29) is 24.5 Å². The monoisotopic (exact) mass is 242 g/mol. The Balaban J connectivity index is 2.85. The van der Waals surface area contributed by atoms with Crippen molar-refractivity contribution in [3.05, 3.63) is 0 Å². The van der Waals surface area contributed by atoms with Crippen molar-refractivity contribution in [1.29, 1.82) is 0 Å². The Morgan fingerprint density at radius 2 is 2.00 bits per heavy atom. The molecule has 2 atom stereocenters. The molecule has 0 spiro atoms. The summed E-state index contributed by atoms with van der Waals surface area (Å²) in [5.41, 5.74) is -1.14. The lowest BCUT2D eigenvalue weighted by atomic mass is 9.79. The van der Waals surface area contributed by atoms with E-state index in [0.29, 0.717) is 12.8 Å². The Bertz CT molecular complexity index is 336. The van der Waals surface area contributed by atoms with Gasteiger partial charge in [-0.3, -0.25) is 14.4 Å². The molecule has 0 aromatic rings. The molecule has 1 rings (SSSR count). The smallest absolute Gasteiger partial charge is 0.319 e. The molecule has 5 heteroatoms. The topological polar surface area (TPSA) is 69.7 Å². The minimum Gasteiger partial charge on any atom is -0.469 e. The van der Waals surface area contributed by atoms with Gasteiger partial charge >= 0.3 is 11.9 Å². The van der Waals surface area contributed by atoms with Crippen LogP contribution in [0.3, 0.4) is 0 Å². The van der Waals surface area contributed by atoms with Crippen LogP contribution in [0.25, 0.3) is 0 Å². The van der Waals surface area contributed by atoms with Crippen LogP contribution in [-0.2, 0) is 23.9 Å². The maximum absolute atomic E-state index is 12.1. The summed E-state index contributed by atoms with van der Waals surface area (Å²) in [5.74, 6) is -1.21. The summed E-state index contributed by atoms with van der Waals surface area (Å²) in [6.07, 6.45) is 1.35. The highest BCUT2D eigenvalue weighted by molar-refractivity contribution is 6.06. The van der Waals surface area contributed by atoms with Crippen molar-refractivity contribution in [3.63, 3.8) is 0 Å². The zero-order chi connectivity index (χ0) is 13.1. The number of carbonyl (C=O) groups excluding carboxylic acids is 3. The Morgan fingerprint density at radius 3 is 2.41 bits per heavy atom. The molecule has 1 fully saturated rings. The fourth-order valence-electron chi connectivity index (χ4n) is 2.35. The number of hydrogen-bond donors (Lipinski definition) is 0. The molecule has 96 valence electrons. The molecule has 1 saturated carbocycles.